The lowest BCUT2D eigenvalue weighted by Crippen LogP contribution is -2.45. The summed E-state index contributed by atoms with van der Waals surface area (Å²) in [6.45, 7) is 2.69. The number of piperidine rings is 1. The third-order valence-electron chi connectivity index (χ3n) is 6.86. The van der Waals surface area contributed by atoms with Crippen LogP contribution in [0.3, 0.4) is 0 Å². The summed E-state index contributed by atoms with van der Waals surface area (Å²) >= 11 is 0. The van der Waals surface area contributed by atoms with Crippen LogP contribution in [-0.2, 0) is 15.8 Å². The number of halogens is 5. The molecule has 3 atom stereocenters. The largest absolute Gasteiger partial charge is 0.435 e. The molecule has 1 saturated heterocycles. The quantitative estimate of drug-likeness (QED) is 0.144. The summed E-state index contributed by atoms with van der Waals surface area (Å²) in [7, 11) is -4.28. The van der Waals surface area contributed by atoms with Gasteiger partial charge in [-0.05, 0) is 37.1 Å². The van der Waals surface area contributed by atoms with E-state index in [1.807, 2.05) is 0 Å². The molecule has 44 heavy (non-hydrogen) atoms. The molecule has 3 heterocycles. The average molecular weight is 653 g/mol. The fourth-order valence-electron chi connectivity index (χ4n) is 4.69. The van der Waals surface area contributed by atoms with Gasteiger partial charge in [-0.2, -0.15) is 4.39 Å². The van der Waals surface area contributed by atoms with Crippen molar-refractivity contribution < 1.29 is 30.7 Å². The van der Waals surface area contributed by atoms with Crippen molar-refractivity contribution in [2.75, 3.05) is 23.1 Å². The molecule has 3 N–H and O–H groups in total. The third kappa shape index (κ3) is 7.92. The lowest BCUT2D eigenvalue weighted by Gasteiger charge is -2.31. The first kappa shape index (κ1) is 32.9. The fourth-order valence-corrected chi connectivity index (χ4v) is 5.90. The molecule has 0 amide bonds. The van der Waals surface area contributed by atoms with Crippen LogP contribution in [0.2, 0.25) is 0 Å². The average Bonchev–Trinajstić information content (AvgIpc) is 2.99. The third-order valence-corrected chi connectivity index (χ3v) is 8.09. The minimum atomic E-state index is -4.28. The van der Waals surface area contributed by atoms with E-state index in [-0.39, 0.29) is 41.8 Å². The van der Waals surface area contributed by atoms with E-state index in [1.165, 1.54) is 31.5 Å². The summed E-state index contributed by atoms with van der Waals surface area (Å²) in [6.07, 6.45) is 2.41. The molecule has 15 heteroatoms. The molecule has 4 aromatic rings. The zero-order chi connectivity index (χ0) is 30.6. The zero-order valence-electron chi connectivity index (χ0n) is 23.3. The molecular weight excluding hydrogens is 624 g/mol. The van der Waals surface area contributed by atoms with Gasteiger partial charge in [0.2, 0.25) is 27.7 Å². The number of rotatable bonds is 10. The molecule has 1 aliphatic heterocycles. The Morgan fingerprint density at radius 2 is 1.80 bits per heavy atom. The molecule has 234 valence electrons. The topological polar surface area (TPSA) is 118 Å². The van der Waals surface area contributed by atoms with E-state index in [0.29, 0.717) is 36.8 Å². The van der Waals surface area contributed by atoms with E-state index >= 15 is 4.39 Å². The van der Waals surface area contributed by atoms with Crippen molar-refractivity contribution >= 4 is 34.1 Å². The molecule has 5 rings (SSSR count). The Labute approximate surface area is 258 Å². The number of hydrogen-bond acceptors (Lipinski definition) is 8. The van der Waals surface area contributed by atoms with E-state index in [0.717, 1.165) is 0 Å². The lowest BCUT2D eigenvalue weighted by atomic mass is 9.92. The number of ether oxygens (including phenoxy) is 1. The number of aromatic nitrogens is 3. The maximum Gasteiger partial charge on any atom is 0.237 e. The Morgan fingerprint density at radius 3 is 2.55 bits per heavy atom. The molecule has 2 aromatic carbocycles. The Bertz CT molecular complexity index is 1700. The van der Waals surface area contributed by atoms with Gasteiger partial charge in [-0.15, -0.1) is 12.4 Å². The van der Waals surface area contributed by atoms with Crippen LogP contribution in [0.4, 0.5) is 29.2 Å². The second-order valence-electron chi connectivity index (χ2n) is 10.1. The predicted molar refractivity (Wildman–Crippen MR) is 161 cm³/mol. The van der Waals surface area contributed by atoms with Crippen molar-refractivity contribution in [1.82, 2.24) is 20.3 Å². The first-order chi connectivity index (χ1) is 20.6. The van der Waals surface area contributed by atoms with Gasteiger partial charge in [0.15, 0.2) is 17.4 Å². The standard InChI is InChI=1S/C29H28F4N6O3S.ClH/c1-17(30)19-12-20(15-34-14-19)37-29-36-11-9-23(38-29)21-8-5-10-35-28(21)42-24-13-22(31)27(26(33)25(24)32)39-43(40,41)16-18-6-3-2-4-7-18;/h2-11,13,17,19-20,34,39H,12,14-16H2,1H3,(H,36,37,38);1H. The highest BCUT2D eigenvalue weighted by molar-refractivity contribution is 7.91. The van der Waals surface area contributed by atoms with Gasteiger partial charge in [0.1, 0.15) is 11.9 Å². The molecule has 0 aliphatic carbocycles. The van der Waals surface area contributed by atoms with Crippen LogP contribution in [0.25, 0.3) is 11.3 Å². The number of sulfonamides is 1. The SMILES string of the molecule is CC(F)C1CNCC(Nc2nccc(-c3cccnc3Oc3cc(F)c(NS(=O)(=O)Cc4ccccc4)c(F)c3F)n2)C1.Cl. The van der Waals surface area contributed by atoms with Crippen molar-refractivity contribution in [3.8, 4) is 22.9 Å². The van der Waals surface area contributed by atoms with Crippen molar-refractivity contribution in [1.29, 1.82) is 0 Å². The van der Waals surface area contributed by atoms with Gasteiger partial charge in [0, 0.05) is 43.5 Å². The Kier molecular flexibility index (Phi) is 10.6. The van der Waals surface area contributed by atoms with E-state index in [4.69, 9.17) is 4.74 Å². The minimum absolute atomic E-state index is 0. The molecule has 1 aliphatic rings. The van der Waals surface area contributed by atoms with E-state index in [1.54, 1.807) is 41.1 Å². The normalized spacial score (nSPS) is 17.3. The Balaban J connectivity index is 0.00000442. The summed E-state index contributed by atoms with van der Waals surface area (Å²) in [4.78, 5) is 12.8. The molecule has 0 spiro atoms. The van der Waals surface area contributed by atoms with Crippen LogP contribution >= 0.6 is 12.4 Å². The maximum absolute atomic E-state index is 15.1. The van der Waals surface area contributed by atoms with Gasteiger partial charge in [-0.25, -0.2) is 36.5 Å². The van der Waals surface area contributed by atoms with Crippen LogP contribution in [0.5, 0.6) is 11.6 Å². The van der Waals surface area contributed by atoms with Crippen molar-refractivity contribution in [3.63, 3.8) is 0 Å². The van der Waals surface area contributed by atoms with Crippen LogP contribution in [0, 0.1) is 23.4 Å². The predicted octanol–water partition coefficient (Wildman–Crippen LogP) is 5.86. The summed E-state index contributed by atoms with van der Waals surface area (Å²) in [5.74, 6) is -6.34. The van der Waals surface area contributed by atoms with Gasteiger partial charge in [0.25, 0.3) is 0 Å². The summed E-state index contributed by atoms with van der Waals surface area (Å²) in [6, 6.07) is 13.0. The number of alkyl halides is 1. The zero-order valence-corrected chi connectivity index (χ0v) is 24.9. The number of nitrogens with zero attached hydrogens (tertiary/aromatic N) is 3. The molecular formula is C29H29ClF4N6O3S. The van der Waals surface area contributed by atoms with Gasteiger partial charge in [-0.1, -0.05) is 30.3 Å². The fraction of sp³-hybridized carbons (Fsp3) is 0.276. The first-order valence-electron chi connectivity index (χ1n) is 13.4. The summed E-state index contributed by atoms with van der Waals surface area (Å²) < 4.78 is 91.1. The maximum atomic E-state index is 15.1. The Hall–Kier alpha value is -4.01. The van der Waals surface area contributed by atoms with Crippen LogP contribution in [-0.4, -0.2) is 48.7 Å². The summed E-state index contributed by atoms with van der Waals surface area (Å²) in [5.41, 5.74) is -0.227. The number of anilines is 2. The highest BCUT2D eigenvalue weighted by Crippen LogP contribution is 2.36. The van der Waals surface area contributed by atoms with Gasteiger partial charge in [-0.3, -0.25) is 4.72 Å². The molecule has 1 fully saturated rings. The number of hydrogen-bond donors (Lipinski definition) is 3. The van der Waals surface area contributed by atoms with Gasteiger partial charge in [0.05, 0.1) is 17.0 Å². The smallest absolute Gasteiger partial charge is 0.237 e. The van der Waals surface area contributed by atoms with Crippen LogP contribution in [0.15, 0.2) is 67.0 Å². The number of pyridine rings is 1. The van der Waals surface area contributed by atoms with E-state index in [2.05, 4.69) is 25.6 Å². The number of benzene rings is 2. The molecule has 2 aromatic heterocycles. The van der Waals surface area contributed by atoms with Crippen molar-refractivity contribution in [2.45, 2.75) is 31.3 Å². The number of nitrogens with one attached hydrogen (secondary N) is 3. The summed E-state index contributed by atoms with van der Waals surface area (Å²) in [5, 5.41) is 6.37. The van der Waals surface area contributed by atoms with Gasteiger partial charge >= 0.3 is 0 Å². The van der Waals surface area contributed by atoms with Gasteiger partial charge < -0.3 is 15.4 Å². The van der Waals surface area contributed by atoms with E-state index in [9.17, 15) is 21.6 Å². The molecule has 0 saturated carbocycles. The van der Waals surface area contributed by atoms with Crippen molar-refractivity contribution in [3.05, 3.63) is 90.0 Å². The molecule has 0 bridgehead atoms. The first-order valence-corrected chi connectivity index (χ1v) is 15.0. The van der Waals surface area contributed by atoms with Crippen LogP contribution in [0.1, 0.15) is 18.9 Å². The van der Waals surface area contributed by atoms with E-state index < -0.39 is 50.8 Å². The minimum Gasteiger partial charge on any atom is -0.435 e. The second kappa shape index (κ2) is 14.2. The lowest BCUT2D eigenvalue weighted by molar-refractivity contribution is 0.202. The Morgan fingerprint density at radius 1 is 1.02 bits per heavy atom. The molecule has 9 nitrogen and oxygen atoms in total. The monoisotopic (exact) mass is 652 g/mol. The van der Waals surface area contributed by atoms with Crippen molar-refractivity contribution in [2.24, 2.45) is 5.92 Å². The highest BCUT2D eigenvalue weighted by atomic mass is 35.5. The molecule has 0 radical (unpaired) electrons. The highest BCUT2D eigenvalue weighted by Gasteiger charge is 2.27. The molecule has 3 unspecified atom stereocenters. The van der Waals surface area contributed by atoms with Crippen LogP contribution < -0.4 is 20.1 Å². The second-order valence-corrected chi connectivity index (χ2v) is 11.8.